The average Bonchev–Trinajstić information content (AvgIpc) is 2.85. The predicted molar refractivity (Wildman–Crippen MR) is 99.3 cm³/mol. The van der Waals surface area contributed by atoms with Gasteiger partial charge in [0, 0.05) is 0 Å². The third-order valence-corrected chi connectivity index (χ3v) is 4.90. The van der Waals surface area contributed by atoms with Crippen LogP contribution in [0.1, 0.15) is 28.7 Å². The molecule has 0 aromatic heterocycles. The van der Waals surface area contributed by atoms with Gasteiger partial charge in [-0.25, -0.2) is 0 Å². The van der Waals surface area contributed by atoms with E-state index in [0.29, 0.717) is 6.61 Å². The van der Waals surface area contributed by atoms with E-state index in [-0.39, 0.29) is 0 Å². The summed E-state index contributed by atoms with van der Waals surface area (Å²) in [7, 11) is 0. The Morgan fingerprint density at radius 1 is 1.08 bits per heavy atom. The van der Waals surface area contributed by atoms with Crippen LogP contribution in [0, 0.1) is 6.92 Å². The van der Waals surface area contributed by atoms with Crippen molar-refractivity contribution in [2.75, 3.05) is 6.61 Å². The van der Waals surface area contributed by atoms with Crippen molar-refractivity contribution >= 4 is 29.9 Å². The number of nitrogens with zero attached hydrogens (tertiary/aromatic N) is 1. The molecule has 120 valence electrons. The smallest absolute Gasteiger partial charge is 0.134 e. The van der Waals surface area contributed by atoms with Crippen molar-refractivity contribution in [2.24, 2.45) is 5.16 Å². The fourth-order valence-electron chi connectivity index (χ4n) is 2.86. The number of benzene rings is 2. The predicted octanol–water partition coefficient (Wildman–Crippen LogP) is 5.25. The van der Waals surface area contributed by atoms with E-state index in [0.717, 1.165) is 33.9 Å². The highest BCUT2D eigenvalue weighted by Crippen LogP contribution is 2.34. The van der Waals surface area contributed by atoms with Gasteiger partial charge in [0.2, 0.25) is 0 Å². The molecule has 0 spiro atoms. The van der Waals surface area contributed by atoms with Gasteiger partial charge >= 0.3 is 0 Å². The molecule has 0 bridgehead atoms. The number of ether oxygens (including phenoxy) is 1. The Bertz CT molecular complexity index is 868. The van der Waals surface area contributed by atoms with Crippen molar-refractivity contribution in [3.63, 3.8) is 0 Å². The molecule has 2 aliphatic rings. The minimum atomic E-state index is 0.442. The highest BCUT2D eigenvalue weighted by Gasteiger charge is 2.24. The minimum Gasteiger partial charge on any atom is -0.486 e. The maximum Gasteiger partial charge on any atom is 0.134 e. The van der Waals surface area contributed by atoms with E-state index in [4.69, 9.17) is 9.02 Å². The molecule has 1 heterocycles. The fraction of sp³-hybridized carbons (Fsp3) is 0.150. The lowest BCUT2D eigenvalue weighted by atomic mass is 9.98. The molecule has 2 aromatic rings. The van der Waals surface area contributed by atoms with Crippen LogP contribution in [0.5, 0.6) is 5.75 Å². The molecule has 2 aromatic carbocycles. The number of hydrogen-bond donors (Lipinski definition) is 0. The van der Waals surface area contributed by atoms with Gasteiger partial charge in [-0.2, -0.15) is 0 Å². The maximum atomic E-state index is 5.77. The SMILES string of the molecule is Cc1ccccc1SO/N=C1\COc2ccc3c(c21)C=CCC=C3. The average molecular weight is 335 g/mol. The van der Waals surface area contributed by atoms with Gasteiger partial charge in [0.05, 0.1) is 10.5 Å². The van der Waals surface area contributed by atoms with Crippen LogP contribution in [0.4, 0.5) is 0 Å². The van der Waals surface area contributed by atoms with Crippen LogP contribution in [0.15, 0.2) is 58.6 Å². The summed E-state index contributed by atoms with van der Waals surface area (Å²) >= 11 is 1.28. The van der Waals surface area contributed by atoms with Gasteiger partial charge in [-0.15, -0.1) is 0 Å². The highest BCUT2D eigenvalue weighted by atomic mass is 32.2. The summed E-state index contributed by atoms with van der Waals surface area (Å²) in [6.45, 7) is 2.50. The number of fused-ring (bicyclic) bond motifs is 3. The molecule has 0 amide bonds. The first-order chi connectivity index (χ1) is 11.8. The monoisotopic (exact) mass is 335 g/mol. The van der Waals surface area contributed by atoms with Crippen molar-refractivity contribution in [3.8, 4) is 5.75 Å². The van der Waals surface area contributed by atoms with Crippen LogP contribution in [-0.4, -0.2) is 12.3 Å². The quantitative estimate of drug-likeness (QED) is 0.567. The first-order valence-electron chi connectivity index (χ1n) is 7.92. The van der Waals surface area contributed by atoms with Crippen LogP contribution in [0.2, 0.25) is 0 Å². The highest BCUT2D eigenvalue weighted by molar-refractivity contribution is 7.94. The van der Waals surface area contributed by atoms with Gasteiger partial charge in [-0.3, -0.25) is 0 Å². The zero-order valence-electron chi connectivity index (χ0n) is 13.4. The Morgan fingerprint density at radius 3 is 2.88 bits per heavy atom. The maximum absolute atomic E-state index is 5.77. The summed E-state index contributed by atoms with van der Waals surface area (Å²) in [6.07, 6.45) is 9.55. The largest absolute Gasteiger partial charge is 0.486 e. The molecule has 0 radical (unpaired) electrons. The standard InChI is InChI=1S/C20H17NO2S/c1-14-7-5-6-10-19(14)24-23-21-17-13-22-18-12-11-15-8-3-2-4-9-16(15)20(17)18/h3-12H,2,13H2,1H3/b21-17+. The molecule has 0 fully saturated rings. The van der Waals surface area contributed by atoms with Crippen molar-refractivity contribution < 1.29 is 9.02 Å². The first kappa shape index (κ1) is 15.1. The van der Waals surface area contributed by atoms with Gasteiger partial charge in [0.1, 0.15) is 30.1 Å². The van der Waals surface area contributed by atoms with Gasteiger partial charge in [0.25, 0.3) is 0 Å². The summed E-state index contributed by atoms with van der Waals surface area (Å²) in [5.41, 5.74) is 5.39. The van der Waals surface area contributed by atoms with Crippen LogP contribution in [0.25, 0.3) is 12.2 Å². The Morgan fingerprint density at radius 2 is 1.96 bits per heavy atom. The lowest BCUT2D eigenvalue weighted by Crippen LogP contribution is -2.04. The first-order valence-corrected chi connectivity index (χ1v) is 8.66. The van der Waals surface area contributed by atoms with Crippen molar-refractivity contribution in [1.29, 1.82) is 0 Å². The van der Waals surface area contributed by atoms with Crippen LogP contribution in [0.3, 0.4) is 0 Å². The molecule has 24 heavy (non-hydrogen) atoms. The molecule has 0 N–H and O–H groups in total. The molecule has 0 saturated carbocycles. The van der Waals surface area contributed by atoms with Crippen LogP contribution < -0.4 is 4.74 Å². The normalized spacial score (nSPS) is 16.5. The summed E-state index contributed by atoms with van der Waals surface area (Å²) in [4.78, 5) is 1.07. The van der Waals surface area contributed by atoms with E-state index in [1.54, 1.807) is 0 Å². The third kappa shape index (κ3) is 2.85. The molecule has 4 rings (SSSR count). The zero-order valence-corrected chi connectivity index (χ0v) is 14.2. The Balaban J connectivity index is 1.62. The van der Waals surface area contributed by atoms with E-state index in [9.17, 15) is 0 Å². The van der Waals surface area contributed by atoms with Gasteiger partial charge in [0.15, 0.2) is 0 Å². The second-order valence-corrected chi connectivity index (χ2v) is 6.49. The Hall–Kier alpha value is -2.46. The van der Waals surface area contributed by atoms with Crippen molar-refractivity contribution in [3.05, 3.63) is 70.8 Å². The number of allylic oxidation sites excluding steroid dienone is 2. The topological polar surface area (TPSA) is 30.8 Å². The fourth-order valence-corrected chi connectivity index (χ4v) is 3.40. The van der Waals surface area contributed by atoms with Crippen LogP contribution >= 0.6 is 12.0 Å². The molecular weight excluding hydrogens is 318 g/mol. The second-order valence-electron chi connectivity index (χ2n) is 5.73. The molecule has 0 saturated heterocycles. The van der Waals surface area contributed by atoms with Gasteiger partial charge < -0.3 is 9.02 Å². The van der Waals surface area contributed by atoms with Gasteiger partial charge in [-0.05, 0) is 42.2 Å². The van der Waals surface area contributed by atoms with Gasteiger partial charge in [-0.1, -0.05) is 53.7 Å². The summed E-state index contributed by atoms with van der Waals surface area (Å²) in [6, 6.07) is 12.2. The van der Waals surface area contributed by atoms with E-state index < -0.39 is 0 Å². The lowest BCUT2D eigenvalue weighted by molar-refractivity contribution is 0.375. The molecule has 1 aliphatic carbocycles. The molecule has 4 heteroatoms. The summed E-state index contributed by atoms with van der Waals surface area (Å²) < 4.78 is 11.3. The van der Waals surface area contributed by atoms with E-state index in [2.05, 4.69) is 48.5 Å². The molecule has 0 atom stereocenters. The third-order valence-electron chi connectivity index (χ3n) is 4.12. The Kier molecular flexibility index (Phi) is 4.13. The van der Waals surface area contributed by atoms with Crippen molar-refractivity contribution in [1.82, 2.24) is 0 Å². The van der Waals surface area contributed by atoms with E-state index in [1.807, 2.05) is 24.3 Å². The Labute approximate surface area is 145 Å². The number of hydrogen-bond acceptors (Lipinski definition) is 4. The molecular formula is C20H17NO2S. The van der Waals surface area contributed by atoms with E-state index in [1.165, 1.54) is 23.2 Å². The number of rotatable bonds is 3. The zero-order chi connectivity index (χ0) is 16.4. The second kappa shape index (κ2) is 6.57. The molecule has 3 nitrogen and oxygen atoms in total. The molecule has 1 aliphatic heterocycles. The molecule has 0 unspecified atom stereocenters. The van der Waals surface area contributed by atoms with Crippen molar-refractivity contribution in [2.45, 2.75) is 18.2 Å². The summed E-state index contributed by atoms with van der Waals surface area (Å²) in [5, 5.41) is 4.34. The number of oxime groups is 1. The summed E-state index contributed by atoms with van der Waals surface area (Å²) in [5.74, 6) is 0.872. The van der Waals surface area contributed by atoms with Crippen LogP contribution in [-0.2, 0) is 4.28 Å². The van der Waals surface area contributed by atoms with E-state index >= 15 is 0 Å². The number of aryl methyl sites for hydroxylation is 1. The minimum absolute atomic E-state index is 0.442. The lowest BCUT2D eigenvalue weighted by Gasteiger charge is -2.07.